The van der Waals surface area contributed by atoms with Gasteiger partial charge in [-0.05, 0) is 13.3 Å². The number of hydrogen-bond acceptors (Lipinski definition) is 3. The molecule has 1 amide bonds. The van der Waals surface area contributed by atoms with E-state index in [4.69, 9.17) is 0 Å². The van der Waals surface area contributed by atoms with Gasteiger partial charge in [0, 0.05) is 24.1 Å². The highest BCUT2D eigenvalue weighted by atomic mass is 32.2. The van der Waals surface area contributed by atoms with Crippen LogP contribution in [0.25, 0.3) is 0 Å². The molecule has 0 bridgehead atoms. The van der Waals surface area contributed by atoms with Gasteiger partial charge < -0.3 is 5.32 Å². The first kappa shape index (κ1) is 15.6. The van der Waals surface area contributed by atoms with Crippen LogP contribution in [0.3, 0.4) is 0 Å². The Labute approximate surface area is 109 Å². The van der Waals surface area contributed by atoms with E-state index in [1.165, 1.54) is 0 Å². The Morgan fingerprint density at radius 2 is 2.22 bits per heavy atom. The molecule has 0 aromatic rings. The van der Waals surface area contributed by atoms with Gasteiger partial charge in [0.1, 0.15) is 6.54 Å². The molecule has 1 rings (SSSR count). The number of rotatable bonds is 4. The van der Waals surface area contributed by atoms with E-state index in [-0.39, 0.29) is 0 Å². The lowest BCUT2D eigenvalue weighted by Gasteiger charge is -2.35. The largest absolute Gasteiger partial charge is 0.405 e. The van der Waals surface area contributed by atoms with E-state index in [1.54, 1.807) is 6.92 Å². The predicted molar refractivity (Wildman–Crippen MR) is 66.6 cm³/mol. The van der Waals surface area contributed by atoms with Crippen molar-refractivity contribution >= 4 is 17.7 Å². The Balaban J connectivity index is 2.42. The average Bonchev–Trinajstić information content (AvgIpc) is 2.34. The molecule has 0 spiro atoms. The van der Waals surface area contributed by atoms with Gasteiger partial charge in [-0.1, -0.05) is 6.92 Å². The molecule has 2 atom stereocenters. The van der Waals surface area contributed by atoms with Crippen molar-refractivity contribution in [1.82, 2.24) is 10.2 Å². The number of carbonyl (C=O) groups is 1. The topological polar surface area (TPSA) is 32.3 Å². The molecular weight excluding hydrogens is 265 g/mol. The summed E-state index contributed by atoms with van der Waals surface area (Å²) in [5.74, 6) is 0.379. The highest BCUT2D eigenvalue weighted by Crippen LogP contribution is 2.22. The maximum Gasteiger partial charge on any atom is 0.405 e. The summed E-state index contributed by atoms with van der Waals surface area (Å²) in [5, 5.41) is 2.41. The van der Waals surface area contributed by atoms with Crippen molar-refractivity contribution in [3.63, 3.8) is 0 Å². The van der Waals surface area contributed by atoms with Gasteiger partial charge in [0.2, 0.25) is 5.91 Å². The molecule has 0 unspecified atom stereocenters. The van der Waals surface area contributed by atoms with Crippen LogP contribution in [0.1, 0.15) is 20.3 Å². The van der Waals surface area contributed by atoms with Gasteiger partial charge in [-0.15, -0.1) is 0 Å². The number of halogens is 3. The standard InChI is InChI=1S/C11H19F3N2OS/c1-3-9-6-16(4-5-18-9)8(2)10(17)15-7-11(12,13)14/h8-9H,3-7H2,1-2H3,(H,15,17)/t8-,9+/m1/s1. The lowest BCUT2D eigenvalue weighted by atomic mass is 10.2. The second-order valence-electron chi connectivity index (χ2n) is 4.40. The zero-order valence-corrected chi connectivity index (χ0v) is 11.4. The van der Waals surface area contributed by atoms with Gasteiger partial charge in [0.25, 0.3) is 0 Å². The van der Waals surface area contributed by atoms with Crippen molar-refractivity contribution in [3.05, 3.63) is 0 Å². The molecule has 18 heavy (non-hydrogen) atoms. The van der Waals surface area contributed by atoms with Crippen LogP contribution in [0.15, 0.2) is 0 Å². The molecule has 0 saturated carbocycles. The summed E-state index contributed by atoms with van der Waals surface area (Å²) in [7, 11) is 0. The van der Waals surface area contributed by atoms with Crippen molar-refractivity contribution < 1.29 is 18.0 Å². The van der Waals surface area contributed by atoms with Crippen LogP contribution in [0.2, 0.25) is 0 Å². The van der Waals surface area contributed by atoms with Gasteiger partial charge in [0.05, 0.1) is 6.04 Å². The van der Waals surface area contributed by atoms with Crippen molar-refractivity contribution in [2.75, 3.05) is 25.4 Å². The smallest absolute Gasteiger partial charge is 0.346 e. The minimum Gasteiger partial charge on any atom is -0.346 e. The molecule has 0 radical (unpaired) electrons. The van der Waals surface area contributed by atoms with Gasteiger partial charge in [-0.3, -0.25) is 9.69 Å². The maximum atomic E-state index is 12.0. The Kier molecular flexibility index (Phi) is 5.78. The number of carbonyl (C=O) groups excluding carboxylic acids is 1. The lowest BCUT2D eigenvalue weighted by molar-refractivity contribution is -0.141. The third kappa shape index (κ3) is 5.06. The summed E-state index contributed by atoms with van der Waals surface area (Å²) >= 11 is 1.86. The fraction of sp³-hybridized carbons (Fsp3) is 0.909. The van der Waals surface area contributed by atoms with Crippen LogP contribution in [0.4, 0.5) is 13.2 Å². The fourth-order valence-corrected chi connectivity index (χ4v) is 3.05. The summed E-state index contributed by atoms with van der Waals surface area (Å²) in [6, 6.07) is -0.498. The highest BCUT2D eigenvalue weighted by molar-refractivity contribution is 8.00. The third-order valence-electron chi connectivity index (χ3n) is 3.02. The number of hydrogen-bond donors (Lipinski definition) is 1. The number of nitrogens with one attached hydrogen (secondary N) is 1. The Morgan fingerprint density at radius 3 is 2.78 bits per heavy atom. The molecule has 1 heterocycles. The van der Waals surface area contributed by atoms with Gasteiger partial charge in [-0.25, -0.2) is 0 Å². The molecule has 106 valence electrons. The molecule has 7 heteroatoms. The third-order valence-corrected chi connectivity index (χ3v) is 4.39. The van der Waals surface area contributed by atoms with E-state index in [1.807, 2.05) is 22.0 Å². The normalized spacial score (nSPS) is 23.7. The first-order chi connectivity index (χ1) is 8.33. The van der Waals surface area contributed by atoms with E-state index >= 15 is 0 Å². The SMILES string of the molecule is CC[C@H]1CN([C@H](C)C(=O)NCC(F)(F)F)CCS1. The van der Waals surface area contributed by atoms with Crippen LogP contribution in [0.5, 0.6) is 0 Å². The van der Waals surface area contributed by atoms with Crippen molar-refractivity contribution in [1.29, 1.82) is 0 Å². The Hall–Kier alpha value is -0.430. The summed E-state index contributed by atoms with van der Waals surface area (Å²) < 4.78 is 36.0. The molecule has 1 saturated heterocycles. The number of thioether (sulfide) groups is 1. The summed E-state index contributed by atoms with van der Waals surface area (Å²) in [6.45, 7) is 4.00. The molecule has 0 aromatic carbocycles. The first-order valence-corrected chi connectivity index (χ1v) is 7.08. The fourth-order valence-electron chi connectivity index (χ4n) is 1.84. The molecule has 1 fully saturated rings. The molecule has 1 N–H and O–H groups in total. The molecule has 1 aliphatic rings. The Morgan fingerprint density at radius 1 is 1.56 bits per heavy atom. The lowest BCUT2D eigenvalue weighted by Crippen LogP contribution is -2.51. The van der Waals surface area contributed by atoms with E-state index in [2.05, 4.69) is 6.92 Å². The molecule has 3 nitrogen and oxygen atoms in total. The number of alkyl halides is 3. The van der Waals surface area contributed by atoms with E-state index in [9.17, 15) is 18.0 Å². The van der Waals surface area contributed by atoms with Crippen LogP contribution in [-0.2, 0) is 4.79 Å². The zero-order valence-electron chi connectivity index (χ0n) is 10.6. The number of nitrogens with zero attached hydrogens (tertiary/aromatic N) is 1. The minimum atomic E-state index is -4.35. The first-order valence-electron chi connectivity index (χ1n) is 6.03. The second-order valence-corrected chi connectivity index (χ2v) is 5.81. The van der Waals surface area contributed by atoms with E-state index in [0.29, 0.717) is 5.25 Å². The van der Waals surface area contributed by atoms with Gasteiger partial charge in [-0.2, -0.15) is 24.9 Å². The predicted octanol–water partition coefficient (Wildman–Crippen LogP) is 1.88. The summed E-state index contributed by atoms with van der Waals surface area (Å²) in [5.41, 5.74) is 0. The number of amides is 1. The van der Waals surface area contributed by atoms with Crippen LogP contribution in [-0.4, -0.2) is 53.7 Å². The van der Waals surface area contributed by atoms with E-state index < -0.39 is 24.7 Å². The van der Waals surface area contributed by atoms with Gasteiger partial charge in [0.15, 0.2) is 0 Å². The van der Waals surface area contributed by atoms with Crippen LogP contribution in [0, 0.1) is 0 Å². The van der Waals surface area contributed by atoms with Crippen LogP contribution >= 0.6 is 11.8 Å². The molecule has 1 aliphatic heterocycles. The van der Waals surface area contributed by atoms with Crippen molar-refractivity contribution in [3.8, 4) is 0 Å². The molecule has 0 aromatic heterocycles. The Bertz CT molecular complexity index is 286. The highest BCUT2D eigenvalue weighted by Gasteiger charge is 2.31. The van der Waals surface area contributed by atoms with E-state index in [0.717, 1.165) is 25.3 Å². The average molecular weight is 284 g/mol. The van der Waals surface area contributed by atoms with Crippen molar-refractivity contribution in [2.45, 2.75) is 37.7 Å². The summed E-state index contributed by atoms with van der Waals surface area (Å²) in [4.78, 5) is 13.6. The van der Waals surface area contributed by atoms with Crippen molar-refractivity contribution in [2.24, 2.45) is 0 Å². The zero-order chi connectivity index (χ0) is 13.8. The quantitative estimate of drug-likeness (QED) is 0.855. The maximum absolute atomic E-state index is 12.0. The molecular formula is C11H19F3N2OS. The summed E-state index contributed by atoms with van der Waals surface area (Å²) in [6.07, 6.45) is -3.34. The second kappa shape index (κ2) is 6.65. The minimum absolute atomic E-state index is 0.469. The molecule has 0 aliphatic carbocycles. The van der Waals surface area contributed by atoms with Crippen LogP contribution < -0.4 is 5.32 Å². The monoisotopic (exact) mass is 284 g/mol. The van der Waals surface area contributed by atoms with Gasteiger partial charge >= 0.3 is 6.18 Å².